The van der Waals surface area contributed by atoms with Crippen LogP contribution in [0, 0.1) is 6.92 Å². The number of anilines is 1. The third kappa shape index (κ3) is 3.30. The van der Waals surface area contributed by atoms with Gasteiger partial charge >= 0.3 is 0 Å². The van der Waals surface area contributed by atoms with E-state index in [2.05, 4.69) is 5.32 Å². The maximum Gasteiger partial charge on any atom is 0.228 e. The van der Waals surface area contributed by atoms with E-state index < -0.39 is 0 Å². The molecule has 17 heavy (non-hydrogen) atoms. The molecule has 0 radical (unpaired) electrons. The van der Waals surface area contributed by atoms with Crippen molar-refractivity contribution in [1.29, 1.82) is 0 Å². The Bertz CT molecular complexity index is 399. The largest absolute Gasteiger partial charge is 0.315 e. The van der Waals surface area contributed by atoms with Gasteiger partial charge in [-0.2, -0.15) is 0 Å². The molecule has 0 aliphatic heterocycles. The molecule has 1 N–H and O–H groups in total. The number of hydrogen-bond donors (Lipinski definition) is 1. The normalized spacial score (nSPS) is 14.7. The molecule has 0 atom stereocenters. The number of amides is 1. The van der Waals surface area contributed by atoms with Crippen LogP contribution in [0.15, 0.2) is 24.3 Å². The highest BCUT2D eigenvalue weighted by molar-refractivity contribution is 5.93. The maximum atomic E-state index is 12.0. The van der Waals surface area contributed by atoms with E-state index in [4.69, 9.17) is 0 Å². The van der Waals surface area contributed by atoms with Crippen LogP contribution in [0.25, 0.3) is 0 Å². The molecule has 1 aliphatic rings. The molecule has 1 aliphatic carbocycles. The smallest absolute Gasteiger partial charge is 0.228 e. The van der Waals surface area contributed by atoms with Crippen molar-refractivity contribution < 1.29 is 4.79 Å². The van der Waals surface area contributed by atoms with E-state index >= 15 is 0 Å². The number of carbonyl (C=O) groups excluding carboxylic acids is 1. The summed E-state index contributed by atoms with van der Waals surface area (Å²) in [6.07, 6.45) is 3.10. The van der Waals surface area contributed by atoms with E-state index in [1.807, 2.05) is 38.2 Å². The van der Waals surface area contributed by atoms with Crippen LogP contribution < -0.4 is 10.2 Å². The summed E-state index contributed by atoms with van der Waals surface area (Å²) in [5.41, 5.74) is 2.14. The van der Waals surface area contributed by atoms with E-state index in [-0.39, 0.29) is 5.91 Å². The third-order valence-corrected chi connectivity index (χ3v) is 3.20. The second-order valence-corrected chi connectivity index (χ2v) is 4.72. The quantitative estimate of drug-likeness (QED) is 0.843. The summed E-state index contributed by atoms with van der Waals surface area (Å²) < 4.78 is 0. The minimum Gasteiger partial charge on any atom is -0.315 e. The zero-order chi connectivity index (χ0) is 12.3. The molecule has 92 valence electrons. The number of para-hydroxylation sites is 1. The predicted octanol–water partition coefficient (Wildman–Crippen LogP) is 2.10. The standard InChI is InChI=1S/C14H20N2O/c1-11-5-3-4-6-13(11)16(2)14(17)9-10-15-12-7-8-12/h3-6,12,15H,7-10H2,1-2H3. The van der Waals surface area contributed by atoms with Crippen LogP contribution in [0.4, 0.5) is 5.69 Å². The lowest BCUT2D eigenvalue weighted by atomic mass is 10.2. The molecule has 0 saturated heterocycles. The number of nitrogens with one attached hydrogen (secondary N) is 1. The Balaban J connectivity index is 1.87. The van der Waals surface area contributed by atoms with Crippen molar-refractivity contribution in [2.75, 3.05) is 18.5 Å². The summed E-state index contributed by atoms with van der Waals surface area (Å²) in [6, 6.07) is 8.65. The molecule has 0 spiro atoms. The molecule has 1 aromatic rings. The van der Waals surface area contributed by atoms with Gasteiger partial charge in [0.2, 0.25) is 5.91 Å². The SMILES string of the molecule is Cc1ccccc1N(C)C(=O)CCNC1CC1. The average molecular weight is 232 g/mol. The number of aryl methyl sites for hydroxylation is 1. The molecular weight excluding hydrogens is 212 g/mol. The van der Waals surface area contributed by atoms with Crippen LogP contribution >= 0.6 is 0 Å². The highest BCUT2D eigenvalue weighted by Gasteiger charge is 2.20. The number of rotatable bonds is 5. The van der Waals surface area contributed by atoms with Gasteiger partial charge in [0, 0.05) is 31.7 Å². The molecule has 1 fully saturated rings. The molecule has 3 nitrogen and oxygen atoms in total. The van der Waals surface area contributed by atoms with Gasteiger partial charge in [0.25, 0.3) is 0 Å². The van der Waals surface area contributed by atoms with Gasteiger partial charge in [-0.05, 0) is 31.4 Å². The van der Waals surface area contributed by atoms with Crippen LogP contribution in [0.2, 0.25) is 0 Å². The van der Waals surface area contributed by atoms with Crippen molar-refractivity contribution in [2.24, 2.45) is 0 Å². The second kappa shape index (κ2) is 5.32. The molecule has 0 bridgehead atoms. The van der Waals surface area contributed by atoms with Gasteiger partial charge in [-0.3, -0.25) is 4.79 Å². The Hall–Kier alpha value is -1.35. The molecule has 3 heteroatoms. The Morgan fingerprint density at radius 2 is 2.12 bits per heavy atom. The predicted molar refractivity (Wildman–Crippen MR) is 70.2 cm³/mol. The summed E-state index contributed by atoms with van der Waals surface area (Å²) in [4.78, 5) is 13.7. The summed E-state index contributed by atoms with van der Waals surface area (Å²) in [6.45, 7) is 2.82. The minimum atomic E-state index is 0.174. The van der Waals surface area contributed by atoms with Crippen molar-refractivity contribution in [3.05, 3.63) is 29.8 Å². The second-order valence-electron chi connectivity index (χ2n) is 4.72. The maximum absolute atomic E-state index is 12.0. The molecule has 1 amide bonds. The van der Waals surface area contributed by atoms with Crippen LogP contribution in [-0.2, 0) is 4.79 Å². The summed E-state index contributed by atoms with van der Waals surface area (Å²) >= 11 is 0. The Morgan fingerprint density at radius 1 is 1.41 bits per heavy atom. The van der Waals surface area contributed by atoms with Crippen LogP contribution in [0.3, 0.4) is 0 Å². The molecule has 0 unspecified atom stereocenters. The van der Waals surface area contributed by atoms with Crippen LogP contribution in [-0.4, -0.2) is 25.5 Å². The first-order valence-corrected chi connectivity index (χ1v) is 6.24. The number of carbonyl (C=O) groups is 1. The lowest BCUT2D eigenvalue weighted by molar-refractivity contribution is -0.118. The molecule has 1 saturated carbocycles. The highest BCUT2D eigenvalue weighted by Crippen LogP contribution is 2.20. The fourth-order valence-corrected chi connectivity index (χ4v) is 1.91. The van der Waals surface area contributed by atoms with Gasteiger partial charge in [0.15, 0.2) is 0 Å². The van der Waals surface area contributed by atoms with Crippen molar-refractivity contribution in [1.82, 2.24) is 5.32 Å². The van der Waals surface area contributed by atoms with Gasteiger partial charge in [0.05, 0.1) is 0 Å². The van der Waals surface area contributed by atoms with Crippen LogP contribution in [0.1, 0.15) is 24.8 Å². The molecule has 2 rings (SSSR count). The highest BCUT2D eigenvalue weighted by atomic mass is 16.2. The van der Waals surface area contributed by atoms with Gasteiger partial charge in [-0.25, -0.2) is 0 Å². The van der Waals surface area contributed by atoms with Gasteiger partial charge in [0.1, 0.15) is 0 Å². The number of hydrogen-bond acceptors (Lipinski definition) is 2. The summed E-state index contributed by atoms with van der Waals surface area (Å²) in [5, 5.41) is 3.36. The molecule has 0 heterocycles. The first kappa shape index (κ1) is 12.1. The first-order chi connectivity index (χ1) is 8.18. The van der Waals surface area contributed by atoms with Gasteiger partial charge in [-0.1, -0.05) is 18.2 Å². The van der Waals surface area contributed by atoms with E-state index in [0.29, 0.717) is 12.5 Å². The fourth-order valence-electron chi connectivity index (χ4n) is 1.91. The van der Waals surface area contributed by atoms with Crippen molar-refractivity contribution in [2.45, 2.75) is 32.2 Å². The first-order valence-electron chi connectivity index (χ1n) is 6.24. The van der Waals surface area contributed by atoms with E-state index in [1.54, 1.807) is 4.90 Å². The van der Waals surface area contributed by atoms with E-state index in [0.717, 1.165) is 17.8 Å². The minimum absolute atomic E-state index is 0.174. The number of benzene rings is 1. The summed E-state index contributed by atoms with van der Waals surface area (Å²) in [7, 11) is 1.85. The lowest BCUT2D eigenvalue weighted by Crippen LogP contribution is -2.30. The van der Waals surface area contributed by atoms with E-state index in [1.165, 1.54) is 12.8 Å². The molecule has 0 aromatic heterocycles. The lowest BCUT2D eigenvalue weighted by Gasteiger charge is -2.19. The zero-order valence-corrected chi connectivity index (χ0v) is 10.6. The molecular formula is C14H20N2O. The van der Waals surface area contributed by atoms with Gasteiger partial charge in [-0.15, -0.1) is 0 Å². The third-order valence-electron chi connectivity index (χ3n) is 3.20. The van der Waals surface area contributed by atoms with Crippen LogP contribution in [0.5, 0.6) is 0 Å². The monoisotopic (exact) mass is 232 g/mol. The summed E-state index contributed by atoms with van der Waals surface area (Å²) in [5.74, 6) is 0.174. The van der Waals surface area contributed by atoms with Crippen molar-refractivity contribution in [3.63, 3.8) is 0 Å². The fraction of sp³-hybridized carbons (Fsp3) is 0.500. The zero-order valence-electron chi connectivity index (χ0n) is 10.6. The van der Waals surface area contributed by atoms with E-state index in [9.17, 15) is 4.79 Å². The topological polar surface area (TPSA) is 32.3 Å². The Kier molecular flexibility index (Phi) is 3.79. The van der Waals surface area contributed by atoms with Crippen molar-refractivity contribution in [3.8, 4) is 0 Å². The Labute approximate surface area is 103 Å². The van der Waals surface area contributed by atoms with Crippen molar-refractivity contribution >= 4 is 11.6 Å². The molecule has 1 aromatic carbocycles. The average Bonchev–Trinajstić information content (AvgIpc) is 3.13. The number of nitrogens with zero attached hydrogens (tertiary/aromatic N) is 1. The van der Waals surface area contributed by atoms with Gasteiger partial charge < -0.3 is 10.2 Å². The Morgan fingerprint density at radius 3 is 2.76 bits per heavy atom.